The molecule has 6 rings (SSSR count). The van der Waals surface area contributed by atoms with Crippen molar-refractivity contribution in [1.82, 2.24) is 9.80 Å². The maximum Gasteiger partial charge on any atom is 0.573 e. The van der Waals surface area contributed by atoms with Crippen molar-refractivity contribution < 1.29 is 32.5 Å². The molecular weight excluding hydrogens is 521 g/mol. The van der Waals surface area contributed by atoms with Gasteiger partial charge >= 0.3 is 6.36 Å². The van der Waals surface area contributed by atoms with E-state index in [1.165, 1.54) is 35.9 Å². The Morgan fingerprint density at radius 2 is 2.02 bits per heavy atom. The molecule has 2 aromatic carbocycles. The molecule has 2 aliphatic heterocycles. The number of likely N-dealkylation sites (N-methyl/N-ethyl adjacent to an activating group) is 1. The fourth-order valence-electron chi connectivity index (χ4n) is 7.88. The van der Waals surface area contributed by atoms with E-state index in [0.717, 1.165) is 30.7 Å². The molecule has 2 aliphatic carbocycles. The van der Waals surface area contributed by atoms with E-state index < -0.39 is 23.5 Å². The molecule has 214 valence electrons. The van der Waals surface area contributed by atoms with Gasteiger partial charge in [0.1, 0.15) is 17.6 Å². The van der Waals surface area contributed by atoms with Crippen molar-refractivity contribution in [2.75, 3.05) is 20.1 Å². The van der Waals surface area contributed by atoms with Crippen LogP contribution in [-0.2, 0) is 16.6 Å². The number of amides is 1. The Labute approximate surface area is 232 Å². The SMILES string of the molecule is CC(C)CN(C(=O)C=Cc1cccc(OC(F)(F)F)c1)[C@@H]1CC[C@@]2(O)[C@H]3Cc4cccc5c4[C@@]2(CCN3C)[C@H]1O5. The van der Waals surface area contributed by atoms with Crippen LogP contribution in [0.3, 0.4) is 0 Å². The molecule has 2 heterocycles. The van der Waals surface area contributed by atoms with Crippen LogP contribution in [-0.4, -0.2) is 71.1 Å². The van der Waals surface area contributed by atoms with Gasteiger partial charge in [-0.25, -0.2) is 0 Å². The highest BCUT2D eigenvalue weighted by Crippen LogP contribution is 2.64. The molecule has 0 unspecified atom stereocenters. The first-order chi connectivity index (χ1) is 18.9. The molecule has 1 amide bonds. The van der Waals surface area contributed by atoms with Gasteiger partial charge in [-0.15, -0.1) is 13.2 Å². The predicted octanol–water partition coefficient (Wildman–Crippen LogP) is 4.94. The lowest BCUT2D eigenvalue weighted by Gasteiger charge is -2.64. The number of benzene rings is 2. The molecule has 2 bridgehead atoms. The summed E-state index contributed by atoms with van der Waals surface area (Å²) in [6, 6.07) is 11.4. The molecule has 4 aliphatic rings. The van der Waals surface area contributed by atoms with Crippen molar-refractivity contribution in [3.05, 3.63) is 65.2 Å². The Kier molecular flexibility index (Phi) is 6.46. The molecule has 1 N–H and O–H groups in total. The lowest BCUT2D eigenvalue weighted by molar-refractivity contribution is -0.274. The highest BCUT2D eigenvalue weighted by Gasteiger charge is 2.72. The molecule has 6 nitrogen and oxygen atoms in total. The highest BCUT2D eigenvalue weighted by atomic mass is 19.4. The topological polar surface area (TPSA) is 62.2 Å². The summed E-state index contributed by atoms with van der Waals surface area (Å²) >= 11 is 0. The van der Waals surface area contributed by atoms with Gasteiger partial charge in [-0.1, -0.05) is 38.1 Å². The largest absolute Gasteiger partial charge is 0.573 e. The number of hydrogen-bond donors (Lipinski definition) is 1. The van der Waals surface area contributed by atoms with Crippen molar-refractivity contribution in [1.29, 1.82) is 0 Å². The smallest absolute Gasteiger partial charge is 0.487 e. The number of carbonyl (C=O) groups excluding carboxylic acids is 1. The zero-order valence-electron chi connectivity index (χ0n) is 22.9. The number of aliphatic hydroxyl groups is 1. The van der Waals surface area contributed by atoms with Crippen LogP contribution in [0.15, 0.2) is 48.5 Å². The fourth-order valence-corrected chi connectivity index (χ4v) is 7.88. The van der Waals surface area contributed by atoms with E-state index in [4.69, 9.17) is 4.74 Å². The summed E-state index contributed by atoms with van der Waals surface area (Å²) in [5, 5.41) is 12.4. The van der Waals surface area contributed by atoms with Crippen molar-refractivity contribution >= 4 is 12.0 Å². The first kappa shape index (κ1) is 27.1. The van der Waals surface area contributed by atoms with E-state index in [1.54, 1.807) is 6.07 Å². The van der Waals surface area contributed by atoms with E-state index in [2.05, 4.69) is 22.8 Å². The quantitative estimate of drug-likeness (QED) is 0.511. The van der Waals surface area contributed by atoms with Crippen LogP contribution in [0.25, 0.3) is 6.08 Å². The monoisotopic (exact) mass is 556 g/mol. The van der Waals surface area contributed by atoms with Gasteiger partial charge in [0.2, 0.25) is 5.91 Å². The van der Waals surface area contributed by atoms with Gasteiger partial charge in [0, 0.05) is 24.2 Å². The van der Waals surface area contributed by atoms with Crippen molar-refractivity contribution in [3.63, 3.8) is 0 Å². The minimum Gasteiger partial charge on any atom is -0.487 e. The predicted molar refractivity (Wildman–Crippen MR) is 144 cm³/mol. The van der Waals surface area contributed by atoms with E-state index in [-0.39, 0.29) is 29.7 Å². The third-order valence-corrected chi connectivity index (χ3v) is 9.35. The second-order valence-corrected chi connectivity index (χ2v) is 12.1. The third kappa shape index (κ3) is 4.20. The highest BCUT2D eigenvalue weighted by molar-refractivity contribution is 5.92. The summed E-state index contributed by atoms with van der Waals surface area (Å²) in [5.74, 6) is 0.413. The number of piperidine rings is 1. The minimum absolute atomic E-state index is 0.0190. The van der Waals surface area contributed by atoms with Gasteiger partial charge < -0.3 is 24.4 Å². The van der Waals surface area contributed by atoms with E-state index in [9.17, 15) is 23.1 Å². The van der Waals surface area contributed by atoms with Crippen LogP contribution < -0.4 is 9.47 Å². The summed E-state index contributed by atoms with van der Waals surface area (Å²) in [5.41, 5.74) is 1.20. The number of rotatable bonds is 6. The van der Waals surface area contributed by atoms with Gasteiger partial charge in [0.25, 0.3) is 0 Å². The second kappa shape index (κ2) is 9.52. The molecule has 1 saturated heterocycles. The summed E-state index contributed by atoms with van der Waals surface area (Å²) in [7, 11) is 2.08. The molecule has 1 saturated carbocycles. The number of hydrogen-bond acceptors (Lipinski definition) is 5. The Morgan fingerprint density at radius 1 is 1.25 bits per heavy atom. The summed E-state index contributed by atoms with van der Waals surface area (Å²) in [6.45, 7) is 5.43. The maximum absolute atomic E-state index is 13.8. The van der Waals surface area contributed by atoms with E-state index in [1.807, 2.05) is 30.9 Å². The standard InChI is InChI=1S/C31H35F3N2O4/c1-19(2)18-36(26(37)11-10-20-6-4-8-22(16-20)40-31(32,33)34)23-12-13-30(38)25-17-21-7-5-9-24-27(21)29(30,28(23)39-24)14-15-35(25)3/h4-11,16,19,23,25,28,38H,12-15,17-18H2,1-3H3/t23-,25-,28+,29+,30-/m1/s1. The van der Waals surface area contributed by atoms with Gasteiger partial charge in [-0.2, -0.15) is 0 Å². The fraction of sp³-hybridized carbons (Fsp3) is 0.516. The zero-order chi connectivity index (χ0) is 28.4. The van der Waals surface area contributed by atoms with Gasteiger partial charge in [-0.05, 0) is 80.6 Å². The average Bonchev–Trinajstić information content (AvgIpc) is 3.22. The maximum atomic E-state index is 13.8. The zero-order valence-corrected chi connectivity index (χ0v) is 22.9. The first-order valence-electron chi connectivity index (χ1n) is 14.0. The molecule has 0 radical (unpaired) electrons. The number of nitrogens with zero attached hydrogens (tertiary/aromatic N) is 2. The third-order valence-electron chi connectivity index (χ3n) is 9.35. The van der Waals surface area contributed by atoms with Crippen LogP contribution in [0.1, 0.15) is 49.8 Å². The lowest BCUT2D eigenvalue weighted by Crippen LogP contribution is -2.78. The molecule has 5 atom stereocenters. The molecule has 2 fully saturated rings. The van der Waals surface area contributed by atoms with Crippen LogP contribution in [0.4, 0.5) is 13.2 Å². The van der Waals surface area contributed by atoms with Crippen LogP contribution in [0, 0.1) is 5.92 Å². The lowest BCUT2D eigenvalue weighted by atomic mass is 9.48. The normalized spacial score (nSPS) is 30.8. The Balaban J connectivity index is 1.34. The molecule has 2 aromatic rings. The number of likely N-dealkylation sites (tertiary alicyclic amines) is 1. The Hall–Kier alpha value is -3.04. The Morgan fingerprint density at radius 3 is 2.77 bits per heavy atom. The molecule has 9 heteroatoms. The van der Waals surface area contributed by atoms with Crippen molar-refractivity contribution in [3.8, 4) is 11.5 Å². The van der Waals surface area contributed by atoms with Crippen molar-refractivity contribution in [2.45, 2.75) is 75.1 Å². The molecule has 0 aromatic heterocycles. The summed E-state index contributed by atoms with van der Waals surface area (Å²) in [4.78, 5) is 17.9. The van der Waals surface area contributed by atoms with Crippen molar-refractivity contribution in [2.24, 2.45) is 5.92 Å². The van der Waals surface area contributed by atoms with E-state index >= 15 is 0 Å². The van der Waals surface area contributed by atoms with Crippen LogP contribution in [0.2, 0.25) is 0 Å². The first-order valence-corrected chi connectivity index (χ1v) is 14.0. The summed E-state index contributed by atoms with van der Waals surface area (Å²) in [6.07, 6.45) is 0.420. The van der Waals surface area contributed by atoms with Gasteiger partial charge in [0.05, 0.1) is 17.1 Å². The molecule has 1 spiro atoms. The number of alkyl halides is 3. The second-order valence-electron chi connectivity index (χ2n) is 12.1. The van der Waals surface area contributed by atoms with Gasteiger partial charge in [-0.3, -0.25) is 4.79 Å². The minimum atomic E-state index is -4.79. The summed E-state index contributed by atoms with van der Waals surface area (Å²) < 4.78 is 48.8. The Bertz CT molecular complexity index is 1340. The van der Waals surface area contributed by atoms with Gasteiger partial charge in [0.15, 0.2) is 0 Å². The average molecular weight is 557 g/mol. The molecular formula is C31H35F3N2O4. The molecule has 40 heavy (non-hydrogen) atoms. The van der Waals surface area contributed by atoms with E-state index in [0.29, 0.717) is 24.9 Å². The number of carbonyl (C=O) groups is 1. The van der Waals surface area contributed by atoms with Crippen LogP contribution >= 0.6 is 0 Å². The number of halogens is 3. The number of ether oxygens (including phenoxy) is 2. The van der Waals surface area contributed by atoms with Crippen LogP contribution in [0.5, 0.6) is 11.5 Å².